The lowest BCUT2D eigenvalue weighted by Crippen LogP contribution is -2.60. The summed E-state index contributed by atoms with van der Waals surface area (Å²) in [6, 6.07) is 8.22. The van der Waals surface area contributed by atoms with Gasteiger partial charge in [0.05, 0.1) is 0 Å². The number of amides is 2. The summed E-state index contributed by atoms with van der Waals surface area (Å²) >= 11 is 0. The topological polar surface area (TPSA) is 115 Å². The Balaban J connectivity index is 1.73. The van der Waals surface area contributed by atoms with Crippen LogP contribution in [0.5, 0.6) is 0 Å². The van der Waals surface area contributed by atoms with Crippen LogP contribution in [0.25, 0.3) is 0 Å². The third-order valence-corrected chi connectivity index (χ3v) is 7.29. The molecule has 0 spiro atoms. The van der Waals surface area contributed by atoms with Crippen LogP contribution >= 0.6 is 7.37 Å². The molecule has 2 aliphatic rings. The van der Waals surface area contributed by atoms with Gasteiger partial charge in [-0.1, -0.05) is 30.3 Å². The van der Waals surface area contributed by atoms with E-state index in [1.165, 1.54) is 5.01 Å². The van der Waals surface area contributed by atoms with Crippen LogP contribution in [0.1, 0.15) is 31.2 Å². The van der Waals surface area contributed by atoms with Crippen LogP contribution in [0.2, 0.25) is 0 Å². The highest BCUT2D eigenvalue weighted by Crippen LogP contribution is 2.45. The van der Waals surface area contributed by atoms with Crippen LogP contribution < -0.4 is 0 Å². The van der Waals surface area contributed by atoms with Crippen molar-refractivity contribution in [3.63, 3.8) is 0 Å². The van der Waals surface area contributed by atoms with Crippen LogP contribution in [0.4, 0.5) is 0 Å². The van der Waals surface area contributed by atoms with E-state index in [1.807, 2.05) is 30.3 Å². The van der Waals surface area contributed by atoms with E-state index in [0.717, 1.165) is 10.6 Å². The molecule has 2 fully saturated rings. The van der Waals surface area contributed by atoms with Crippen molar-refractivity contribution in [2.45, 2.75) is 38.1 Å². The average molecular weight is 408 g/mol. The number of hydrazine groups is 1. The van der Waals surface area contributed by atoms with E-state index in [9.17, 15) is 28.9 Å². The van der Waals surface area contributed by atoms with Crippen molar-refractivity contribution in [2.24, 2.45) is 5.92 Å². The monoisotopic (exact) mass is 408 g/mol. The average Bonchev–Trinajstić information content (AvgIpc) is 2.79. The van der Waals surface area contributed by atoms with Gasteiger partial charge in [0.1, 0.15) is 0 Å². The second kappa shape index (κ2) is 8.45. The minimum absolute atomic E-state index is 0.0425. The highest BCUT2D eigenvalue weighted by atomic mass is 31.2. The largest absolute Gasteiger partial charge is 0.480 e. The summed E-state index contributed by atoms with van der Waals surface area (Å²) in [5.74, 6) is -2.84. The number of aliphatic carboxylic acids is 1. The van der Waals surface area contributed by atoms with Crippen LogP contribution in [-0.2, 0) is 25.4 Å². The number of rotatable bonds is 6. The lowest BCUT2D eigenvalue weighted by molar-refractivity contribution is -0.181. The number of fused-ring (bicyclic) bond motifs is 1. The Labute approximate surface area is 163 Å². The first kappa shape index (κ1) is 20.6. The Kier molecular flexibility index (Phi) is 6.20. The Morgan fingerprint density at radius 3 is 2.57 bits per heavy atom. The van der Waals surface area contributed by atoms with Crippen molar-refractivity contribution in [3.05, 3.63) is 35.9 Å². The third kappa shape index (κ3) is 4.62. The first-order valence-corrected chi connectivity index (χ1v) is 11.5. The van der Waals surface area contributed by atoms with Crippen LogP contribution in [0, 0.1) is 5.92 Å². The minimum atomic E-state index is -3.62. The number of carbonyl (C=O) groups is 3. The van der Waals surface area contributed by atoms with E-state index in [-0.39, 0.29) is 37.5 Å². The van der Waals surface area contributed by atoms with E-state index in [1.54, 1.807) is 0 Å². The molecule has 1 unspecified atom stereocenters. The van der Waals surface area contributed by atoms with Gasteiger partial charge < -0.3 is 10.00 Å². The van der Waals surface area contributed by atoms with Gasteiger partial charge in [0.2, 0.25) is 19.2 Å². The maximum atomic E-state index is 13.0. The van der Waals surface area contributed by atoms with E-state index in [2.05, 4.69) is 0 Å². The Hall–Kier alpha value is -2.18. The molecule has 2 heterocycles. The van der Waals surface area contributed by atoms with E-state index in [4.69, 9.17) is 0 Å². The van der Waals surface area contributed by atoms with Crippen LogP contribution in [0.3, 0.4) is 0 Å². The fourth-order valence-electron chi connectivity index (χ4n) is 3.87. The van der Waals surface area contributed by atoms with E-state index >= 15 is 0 Å². The summed E-state index contributed by atoms with van der Waals surface area (Å²) in [5, 5.41) is 11.7. The molecule has 2 aliphatic heterocycles. The van der Waals surface area contributed by atoms with Gasteiger partial charge in [0.25, 0.3) is 0 Å². The number of hydrogen-bond donors (Lipinski definition) is 2. The summed E-state index contributed by atoms with van der Waals surface area (Å²) in [7, 11) is -3.62. The van der Waals surface area contributed by atoms with Crippen molar-refractivity contribution in [1.82, 2.24) is 10.0 Å². The fraction of sp³-hybridized carbons (Fsp3) is 0.526. The second-order valence-corrected chi connectivity index (χ2v) is 9.92. The van der Waals surface area contributed by atoms with Crippen molar-refractivity contribution < 1.29 is 28.9 Å². The SMILES string of the molecule is O=C(O)[C@@H]1CCCN2C(=O)CC[C@H](CP(=O)(O)CCc3ccccc3)C(=O)N12. The molecule has 1 aromatic rings. The molecular weight excluding hydrogens is 383 g/mol. The summed E-state index contributed by atoms with van der Waals surface area (Å²) in [5.41, 5.74) is 0.937. The van der Waals surface area contributed by atoms with Crippen molar-refractivity contribution >= 4 is 25.2 Å². The number of benzene rings is 1. The third-order valence-electron chi connectivity index (χ3n) is 5.36. The number of carboxylic acid groups (broad SMARTS) is 1. The highest BCUT2D eigenvalue weighted by Gasteiger charge is 2.45. The maximum Gasteiger partial charge on any atom is 0.328 e. The van der Waals surface area contributed by atoms with Gasteiger partial charge in [0.15, 0.2) is 6.04 Å². The number of nitrogens with zero attached hydrogens (tertiary/aromatic N) is 2. The predicted molar refractivity (Wildman–Crippen MR) is 102 cm³/mol. The quantitative estimate of drug-likeness (QED) is 0.693. The predicted octanol–water partition coefficient (Wildman–Crippen LogP) is 1.73. The molecule has 0 aromatic heterocycles. The molecule has 2 amide bonds. The lowest BCUT2D eigenvalue weighted by Gasteiger charge is -2.42. The molecule has 8 nitrogen and oxygen atoms in total. The standard InChI is InChI=1S/C19H25N2O6P/c22-17-9-8-15(13-28(26,27)12-10-14-5-2-1-3-6-14)18(23)21-16(19(24)25)7-4-11-20(17)21/h1-3,5-6,15-16H,4,7-13H2,(H,24,25)(H,26,27)/t15-,16+/m1/s1. The van der Waals surface area contributed by atoms with Crippen LogP contribution in [0.15, 0.2) is 30.3 Å². The van der Waals surface area contributed by atoms with Gasteiger partial charge in [-0.15, -0.1) is 0 Å². The fourth-order valence-corrected chi connectivity index (χ4v) is 5.69. The molecule has 28 heavy (non-hydrogen) atoms. The molecule has 3 atom stereocenters. The van der Waals surface area contributed by atoms with Gasteiger partial charge in [-0.05, 0) is 31.2 Å². The molecule has 0 radical (unpaired) electrons. The zero-order valence-electron chi connectivity index (χ0n) is 15.6. The van der Waals surface area contributed by atoms with Crippen molar-refractivity contribution in [1.29, 1.82) is 0 Å². The number of carboxylic acids is 1. The molecule has 2 N–H and O–H groups in total. The second-order valence-electron chi connectivity index (χ2n) is 7.42. The normalized spacial score (nSPS) is 25.0. The van der Waals surface area contributed by atoms with Gasteiger partial charge in [-0.25, -0.2) is 9.80 Å². The Morgan fingerprint density at radius 1 is 1.18 bits per heavy atom. The smallest absolute Gasteiger partial charge is 0.328 e. The number of aryl methyl sites for hydroxylation is 1. The summed E-state index contributed by atoms with van der Waals surface area (Å²) < 4.78 is 12.7. The molecular formula is C19H25N2O6P. The van der Waals surface area contributed by atoms with Crippen molar-refractivity contribution in [3.8, 4) is 0 Å². The van der Waals surface area contributed by atoms with Gasteiger partial charge in [-0.3, -0.25) is 19.2 Å². The summed E-state index contributed by atoms with van der Waals surface area (Å²) in [6.45, 7) is 0.297. The molecule has 0 aliphatic carbocycles. The van der Waals surface area contributed by atoms with E-state index < -0.39 is 31.2 Å². The van der Waals surface area contributed by atoms with Gasteiger partial charge >= 0.3 is 5.97 Å². The summed E-state index contributed by atoms with van der Waals surface area (Å²) in [6.07, 6.45) is 1.23. The molecule has 0 saturated carbocycles. The van der Waals surface area contributed by atoms with E-state index in [0.29, 0.717) is 19.4 Å². The Morgan fingerprint density at radius 2 is 1.89 bits per heavy atom. The zero-order chi connectivity index (χ0) is 20.3. The molecule has 152 valence electrons. The van der Waals surface area contributed by atoms with Crippen LogP contribution in [-0.4, -0.2) is 62.7 Å². The molecule has 3 rings (SSSR count). The summed E-state index contributed by atoms with van der Waals surface area (Å²) in [4.78, 5) is 47.5. The van der Waals surface area contributed by atoms with Crippen molar-refractivity contribution in [2.75, 3.05) is 18.9 Å². The number of carbonyl (C=O) groups excluding carboxylic acids is 2. The Bertz CT molecular complexity index is 799. The molecule has 2 saturated heterocycles. The first-order chi connectivity index (χ1) is 13.3. The minimum Gasteiger partial charge on any atom is -0.480 e. The zero-order valence-corrected chi connectivity index (χ0v) is 16.5. The first-order valence-electron chi connectivity index (χ1n) is 9.49. The molecule has 1 aromatic carbocycles. The lowest BCUT2D eigenvalue weighted by atomic mass is 10.0. The maximum absolute atomic E-state index is 13.0. The number of hydrogen-bond acceptors (Lipinski definition) is 4. The van der Waals surface area contributed by atoms with Gasteiger partial charge in [-0.2, -0.15) is 0 Å². The molecule has 9 heteroatoms. The molecule has 0 bridgehead atoms. The van der Waals surface area contributed by atoms with Gasteiger partial charge in [0, 0.05) is 31.2 Å². The highest BCUT2D eigenvalue weighted by molar-refractivity contribution is 7.58.